The summed E-state index contributed by atoms with van der Waals surface area (Å²) in [5, 5.41) is 0.143. The Morgan fingerprint density at radius 1 is 1.24 bits per heavy atom. The number of hydrogen-bond donors (Lipinski definition) is 1. The SMILES string of the molecule is CC(C)(C)ONS(=O)(=O)c1cccc(Cl)c1Cl. The molecular weight excluding hydrogens is 285 g/mol. The zero-order valence-electron chi connectivity index (χ0n) is 9.62. The van der Waals surface area contributed by atoms with Gasteiger partial charge in [0.2, 0.25) is 0 Å². The maximum Gasteiger partial charge on any atom is 0.264 e. The Labute approximate surface area is 111 Å². The first kappa shape index (κ1) is 14.7. The van der Waals surface area contributed by atoms with Crippen molar-refractivity contribution in [2.45, 2.75) is 31.3 Å². The predicted octanol–water partition coefficient (Wildman–Crippen LogP) is 3.00. The maximum atomic E-state index is 11.9. The molecule has 0 amide bonds. The lowest BCUT2D eigenvalue weighted by molar-refractivity contribution is -0.0357. The number of hydrogen-bond acceptors (Lipinski definition) is 3. The van der Waals surface area contributed by atoms with E-state index in [4.69, 9.17) is 28.0 Å². The van der Waals surface area contributed by atoms with Crippen LogP contribution in [0.3, 0.4) is 0 Å². The summed E-state index contributed by atoms with van der Waals surface area (Å²) in [7, 11) is -3.84. The zero-order chi connectivity index (χ0) is 13.3. The smallest absolute Gasteiger partial charge is 0.264 e. The zero-order valence-corrected chi connectivity index (χ0v) is 11.9. The molecule has 1 rings (SSSR count). The highest BCUT2D eigenvalue weighted by Crippen LogP contribution is 2.28. The van der Waals surface area contributed by atoms with Crippen LogP contribution in [0.5, 0.6) is 0 Å². The number of nitrogens with one attached hydrogen (secondary N) is 1. The van der Waals surface area contributed by atoms with Crippen LogP contribution in [0.4, 0.5) is 0 Å². The van der Waals surface area contributed by atoms with Crippen LogP contribution >= 0.6 is 23.2 Å². The van der Waals surface area contributed by atoms with Gasteiger partial charge in [0, 0.05) is 0 Å². The minimum atomic E-state index is -3.84. The Balaban J connectivity index is 3.02. The first-order valence-corrected chi connectivity index (χ1v) is 7.01. The summed E-state index contributed by atoms with van der Waals surface area (Å²) in [5.41, 5.74) is -0.641. The van der Waals surface area contributed by atoms with Crippen molar-refractivity contribution in [1.29, 1.82) is 0 Å². The monoisotopic (exact) mass is 297 g/mol. The van der Waals surface area contributed by atoms with Crippen molar-refractivity contribution in [1.82, 2.24) is 4.89 Å². The minimum Gasteiger partial charge on any atom is -0.281 e. The molecular formula is C10H13Cl2NO3S. The van der Waals surface area contributed by atoms with Crippen LogP contribution in [0.2, 0.25) is 10.0 Å². The summed E-state index contributed by atoms with van der Waals surface area (Å²) in [6.45, 7) is 5.15. The third-order valence-corrected chi connectivity index (χ3v) is 3.82. The lowest BCUT2D eigenvalue weighted by Gasteiger charge is -2.19. The Morgan fingerprint density at radius 3 is 2.35 bits per heavy atom. The van der Waals surface area contributed by atoms with E-state index in [1.54, 1.807) is 20.8 Å². The summed E-state index contributed by atoms with van der Waals surface area (Å²) in [6.07, 6.45) is 0. The van der Waals surface area contributed by atoms with Crippen LogP contribution in [-0.2, 0) is 14.9 Å². The quantitative estimate of drug-likeness (QED) is 0.873. The third-order valence-electron chi connectivity index (χ3n) is 1.66. The molecule has 1 aromatic rings. The van der Waals surface area contributed by atoms with E-state index in [0.717, 1.165) is 0 Å². The van der Waals surface area contributed by atoms with E-state index in [1.807, 2.05) is 4.89 Å². The molecule has 0 aliphatic rings. The molecule has 0 unspecified atom stereocenters. The number of halogens is 2. The molecule has 0 bridgehead atoms. The van der Waals surface area contributed by atoms with Crippen molar-refractivity contribution in [2.75, 3.05) is 0 Å². The molecule has 0 heterocycles. The molecule has 1 N–H and O–H groups in total. The second-order valence-electron chi connectivity index (χ2n) is 4.35. The van der Waals surface area contributed by atoms with Gasteiger partial charge in [-0.3, -0.25) is 4.84 Å². The van der Waals surface area contributed by atoms with Gasteiger partial charge < -0.3 is 0 Å². The normalized spacial score (nSPS) is 12.8. The molecule has 0 fully saturated rings. The molecule has 0 aromatic heterocycles. The number of sulfonamides is 1. The highest BCUT2D eigenvalue weighted by molar-refractivity contribution is 7.89. The maximum absolute atomic E-state index is 11.9. The number of rotatable bonds is 3. The average molecular weight is 298 g/mol. The second-order valence-corrected chi connectivity index (χ2v) is 6.75. The van der Waals surface area contributed by atoms with Gasteiger partial charge in [0.1, 0.15) is 4.90 Å². The first-order chi connectivity index (χ1) is 7.63. The summed E-state index contributed by atoms with van der Waals surface area (Å²) in [4.78, 5) is 6.90. The van der Waals surface area contributed by atoms with Gasteiger partial charge in [-0.2, -0.15) is 0 Å². The molecule has 0 saturated carbocycles. The van der Waals surface area contributed by atoms with Crippen LogP contribution in [0, 0.1) is 0 Å². The molecule has 0 atom stereocenters. The molecule has 96 valence electrons. The lowest BCUT2D eigenvalue weighted by atomic mass is 10.2. The van der Waals surface area contributed by atoms with Gasteiger partial charge in [0.15, 0.2) is 0 Å². The first-order valence-electron chi connectivity index (χ1n) is 4.77. The molecule has 1 aromatic carbocycles. The van der Waals surface area contributed by atoms with E-state index in [0.29, 0.717) is 0 Å². The van der Waals surface area contributed by atoms with E-state index in [-0.39, 0.29) is 14.9 Å². The standard InChI is InChI=1S/C10H13Cl2NO3S/c1-10(2,3)16-13-17(14,15)8-6-4-5-7(11)9(8)12/h4-6,13H,1-3H3. The molecule has 4 nitrogen and oxygen atoms in total. The molecule has 0 radical (unpaired) electrons. The van der Waals surface area contributed by atoms with E-state index >= 15 is 0 Å². The molecule has 17 heavy (non-hydrogen) atoms. The van der Waals surface area contributed by atoms with E-state index in [2.05, 4.69) is 0 Å². The molecule has 0 aliphatic carbocycles. The Bertz CT molecular complexity index is 509. The molecule has 0 aliphatic heterocycles. The molecule has 0 spiro atoms. The summed E-state index contributed by atoms with van der Waals surface area (Å²) >= 11 is 11.6. The summed E-state index contributed by atoms with van der Waals surface area (Å²) < 4.78 is 23.7. The average Bonchev–Trinajstić information content (AvgIpc) is 2.18. The van der Waals surface area contributed by atoms with Gasteiger partial charge >= 0.3 is 0 Å². The van der Waals surface area contributed by atoms with Crippen molar-refractivity contribution in [2.24, 2.45) is 0 Å². The van der Waals surface area contributed by atoms with E-state index in [9.17, 15) is 8.42 Å². The van der Waals surface area contributed by atoms with Crippen molar-refractivity contribution in [3.05, 3.63) is 28.2 Å². The highest BCUT2D eigenvalue weighted by Gasteiger charge is 2.22. The lowest BCUT2D eigenvalue weighted by Crippen LogP contribution is -2.33. The van der Waals surface area contributed by atoms with Gasteiger partial charge in [-0.1, -0.05) is 34.2 Å². The third kappa shape index (κ3) is 4.12. The van der Waals surface area contributed by atoms with Crippen LogP contribution < -0.4 is 4.89 Å². The minimum absolute atomic E-state index is 0.0285. The highest BCUT2D eigenvalue weighted by atomic mass is 35.5. The van der Waals surface area contributed by atoms with E-state index < -0.39 is 15.6 Å². The summed E-state index contributed by atoms with van der Waals surface area (Å²) in [5.74, 6) is 0. The summed E-state index contributed by atoms with van der Waals surface area (Å²) in [6, 6.07) is 4.36. The van der Waals surface area contributed by atoms with E-state index in [1.165, 1.54) is 18.2 Å². The molecule has 0 saturated heterocycles. The predicted molar refractivity (Wildman–Crippen MR) is 67.6 cm³/mol. The Kier molecular flexibility index (Phi) is 4.43. The van der Waals surface area contributed by atoms with Crippen LogP contribution in [0.1, 0.15) is 20.8 Å². The topological polar surface area (TPSA) is 55.4 Å². The van der Waals surface area contributed by atoms with Crippen molar-refractivity contribution < 1.29 is 13.3 Å². The van der Waals surface area contributed by atoms with Crippen molar-refractivity contribution >= 4 is 33.2 Å². The van der Waals surface area contributed by atoms with Crippen molar-refractivity contribution in [3.63, 3.8) is 0 Å². The van der Waals surface area contributed by atoms with Crippen molar-refractivity contribution in [3.8, 4) is 0 Å². The fourth-order valence-corrected chi connectivity index (χ4v) is 2.63. The van der Waals surface area contributed by atoms with Crippen LogP contribution in [0.25, 0.3) is 0 Å². The number of benzene rings is 1. The Hall–Kier alpha value is -0.330. The van der Waals surface area contributed by atoms with Crippen LogP contribution in [-0.4, -0.2) is 14.0 Å². The molecule has 7 heteroatoms. The van der Waals surface area contributed by atoms with Gasteiger partial charge in [0.25, 0.3) is 10.0 Å². The fourth-order valence-electron chi connectivity index (χ4n) is 0.916. The largest absolute Gasteiger partial charge is 0.281 e. The van der Waals surface area contributed by atoms with Gasteiger partial charge in [-0.15, -0.1) is 0 Å². The Morgan fingerprint density at radius 2 is 1.82 bits per heavy atom. The van der Waals surface area contributed by atoms with Crippen LogP contribution in [0.15, 0.2) is 23.1 Å². The second kappa shape index (κ2) is 5.12. The van der Waals surface area contributed by atoms with Gasteiger partial charge in [-0.05, 0) is 32.9 Å². The fraction of sp³-hybridized carbons (Fsp3) is 0.400. The van der Waals surface area contributed by atoms with Gasteiger partial charge in [0.05, 0.1) is 15.6 Å². The van der Waals surface area contributed by atoms with Gasteiger partial charge in [-0.25, -0.2) is 8.42 Å².